The summed E-state index contributed by atoms with van der Waals surface area (Å²) in [5.41, 5.74) is 9.43. The molecule has 2 nitrogen and oxygen atoms in total. The first-order chi connectivity index (χ1) is 16.5. The van der Waals surface area contributed by atoms with Crippen molar-refractivity contribution in [3.8, 4) is 0 Å². The summed E-state index contributed by atoms with van der Waals surface area (Å²) in [6.45, 7) is 28.1. The fourth-order valence-corrected chi connectivity index (χ4v) is 3.78. The van der Waals surface area contributed by atoms with Crippen LogP contribution in [0.2, 0.25) is 0 Å². The summed E-state index contributed by atoms with van der Waals surface area (Å²) in [7, 11) is 1.25. The standard InChI is InChI=1S/C28H40N2.C2H4.CH4.2BrH.Ni/c1-17(2)23-13-11-14-24(18(3)4)27(23)29-21(9)22(10)30-28-25(19(5)6)15-12-16-26(28)20(7)8;1-2;;;;/h11-20H,1-10H3;1-2H2;1H4;2*1H;/q;;;;;+2/p-2. The number of benzene rings is 2. The van der Waals surface area contributed by atoms with Crippen LogP contribution in [0.5, 0.6) is 0 Å². The molecule has 2 aromatic carbocycles. The van der Waals surface area contributed by atoms with Crippen molar-refractivity contribution in [3.05, 3.63) is 71.8 Å². The van der Waals surface area contributed by atoms with Gasteiger partial charge in [-0.1, -0.05) is 99.2 Å². The molecule has 2 rings (SSSR count). The van der Waals surface area contributed by atoms with Gasteiger partial charge in [0.1, 0.15) is 0 Å². The molecule has 0 heterocycles. The van der Waals surface area contributed by atoms with E-state index < -0.39 is 0 Å². The monoisotopic (exact) mass is 664 g/mol. The van der Waals surface area contributed by atoms with Crippen LogP contribution in [0, 0.1) is 0 Å². The zero-order valence-corrected chi connectivity index (χ0v) is 27.3. The zero-order chi connectivity index (χ0) is 27.3. The summed E-state index contributed by atoms with van der Waals surface area (Å²) < 4.78 is 0. The quantitative estimate of drug-likeness (QED) is 0.160. The van der Waals surface area contributed by atoms with Gasteiger partial charge < -0.3 is 0 Å². The van der Waals surface area contributed by atoms with Gasteiger partial charge in [-0.2, -0.15) is 0 Å². The molecule has 0 atom stereocenters. The van der Waals surface area contributed by atoms with Gasteiger partial charge in [0.2, 0.25) is 0 Å². The molecule has 206 valence electrons. The van der Waals surface area contributed by atoms with E-state index in [4.69, 9.17) is 9.98 Å². The van der Waals surface area contributed by atoms with Gasteiger partial charge in [0, 0.05) is 0 Å². The molecule has 0 bridgehead atoms. The molecule has 5 heteroatoms. The Kier molecular flexibility index (Phi) is 19.7. The third kappa shape index (κ3) is 11.2. The number of para-hydroxylation sites is 2. The molecule has 2 aromatic rings. The van der Waals surface area contributed by atoms with Crippen LogP contribution >= 0.6 is 28.5 Å². The maximum absolute atomic E-state index is 5.13. The molecular formula is C31H48Br2N2Ni. The Morgan fingerprint density at radius 3 is 0.972 bits per heavy atom. The SMILES string of the molecule is C.C=C.CC(=Nc1c(C(C)C)cccc1C(C)C)C(C)=Nc1c(C(C)C)cccc1C(C)C.[Br][Ni][Br]. The van der Waals surface area contributed by atoms with Gasteiger partial charge in [-0.05, 0) is 59.8 Å². The third-order valence-corrected chi connectivity index (χ3v) is 5.77. The minimum absolute atomic E-state index is 0. The topological polar surface area (TPSA) is 24.7 Å². The van der Waals surface area contributed by atoms with Gasteiger partial charge in [-0.15, -0.1) is 13.2 Å². The molecule has 0 spiro atoms. The van der Waals surface area contributed by atoms with E-state index >= 15 is 0 Å². The summed E-state index contributed by atoms with van der Waals surface area (Å²) >= 11 is 6.00. The number of halogens is 2. The van der Waals surface area contributed by atoms with Gasteiger partial charge in [0.05, 0.1) is 22.8 Å². The van der Waals surface area contributed by atoms with E-state index in [2.05, 4.69) is 147 Å². The van der Waals surface area contributed by atoms with Crippen molar-refractivity contribution < 1.29 is 10.9 Å². The Morgan fingerprint density at radius 1 is 0.611 bits per heavy atom. The molecule has 36 heavy (non-hydrogen) atoms. The fourth-order valence-electron chi connectivity index (χ4n) is 3.78. The number of hydrogen-bond donors (Lipinski definition) is 0. The molecule has 0 amide bonds. The first kappa shape index (κ1) is 37.1. The summed E-state index contributed by atoms with van der Waals surface area (Å²) in [5.74, 6) is 1.73. The zero-order valence-electron chi connectivity index (χ0n) is 23.2. The van der Waals surface area contributed by atoms with Gasteiger partial charge in [0.15, 0.2) is 0 Å². The molecule has 0 aliphatic carbocycles. The van der Waals surface area contributed by atoms with Crippen molar-refractivity contribution in [2.24, 2.45) is 9.98 Å². The van der Waals surface area contributed by atoms with E-state index in [1.807, 2.05) is 0 Å². The average molecular weight is 667 g/mol. The second kappa shape index (κ2) is 19.1. The Labute approximate surface area is 243 Å². The van der Waals surface area contributed by atoms with Crippen LogP contribution < -0.4 is 0 Å². The predicted molar refractivity (Wildman–Crippen MR) is 171 cm³/mol. The molecular weight excluding hydrogens is 619 g/mol. The van der Waals surface area contributed by atoms with Crippen LogP contribution in [-0.2, 0) is 10.9 Å². The van der Waals surface area contributed by atoms with Crippen molar-refractivity contribution >= 4 is 51.2 Å². The van der Waals surface area contributed by atoms with E-state index in [0.717, 1.165) is 22.8 Å². The molecule has 0 aliphatic rings. The Hall–Kier alpha value is -1.03. The molecule has 0 unspecified atom stereocenters. The van der Waals surface area contributed by atoms with Crippen LogP contribution in [0.25, 0.3) is 0 Å². The second-order valence-corrected chi connectivity index (χ2v) is 14.6. The van der Waals surface area contributed by atoms with Crippen LogP contribution in [0.3, 0.4) is 0 Å². The average Bonchev–Trinajstić information content (AvgIpc) is 2.80. The van der Waals surface area contributed by atoms with E-state index in [9.17, 15) is 0 Å². The predicted octanol–water partition coefficient (Wildman–Crippen LogP) is 12.2. The van der Waals surface area contributed by atoms with E-state index in [1.165, 1.54) is 33.2 Å². The first-order valence-electron chi connectivity index (χ1n) is 12.1. The van der Waals surface area contributed by atoms with Gasteiger partial charge in [-0.25, -0.2) is 0 Å². The maximum atomic E-state index is 5.13. The number of rotatable bonds is 7. The summed E-state index contributed by atoms with van der Waals surface area (Å²) in [5, 5.41) is 0. The Morgan fingerprint density at radius 2 is 0.806 bits per heavy atom. The normalized spacial score (nSPS) is 11.8. The van der Waals surface area contributed by atoms with Crippen LogP contribution in [-0.4, -0.2) is 11.4 Å². The van der Waals surface area contributed by atoms with Crippen LogP contribution in [0.15, 0.2) is 59.5 Å². The number of nitrogens with zero attached hydrogens (tertiary/aromatic N) is 2. The third-order valence-electron chi connectivity index (χ3n) is 5.77. The van der Waals surface area contributed by atoms with E-state index in [-0.39, 0.29) is 7.43 Å². The van der Waals surface area contributed by atoms with Crippen molar-refractivity contribution in [2.45, 2.75) is 100 Å². The molecule has 0 N–H and O–H groups in total. The number of aliphatic imine (C=N–C) groups is 2. The summed E-state index contributed by atoms with van der Waals surface area (Å²) in [6.07, 6.45) is 0. The van der Waals surface area contributed by atoms with Crippen molar-refractivity contribution in [3.63, 3.8) is 0 Å². The van der Waals surface area contributed by atoms with Crippen molar-refractivity contribution in [1.82, 2.24) is 0 Å². The van der Waals surface area contributed by atoms with Gasteiger partial charge in [0.25, 0.3) is 0 Å². The van der Waals surface area contributed by atoms with Crippen LogP contribution in [0.4, 0.5) is 11.4 Å². The molecule has 0 fully saturated rings. The van der Waals surface area contributed by atoms with Crippen molar-refractivity contribution in [1.29, 1.82) is 0 Å². The first-order valence-corrected chi connectivity index (χ1v) is 17.0. The Bertz CT molecular complexity index is 847. The second-order valence-electron chi connectivity index (χ2n) is 9.63. The molecule has 0 saturated heterocycles. The minimum atomic E-state index is 0. The molecule has 0 radical (unpaired) electrons. The summed E-state index contributed by atoms with van der Waals surface area (Å²) in [6, 6.07) is 13.2. The van der Waals surface area contributed by atoms with Gasteiger partial charge >= 0.3 is 39.3 Å². The molecule has 0 aliphatic heterocycles. The fraction of sp³-hybridized carbons (Fsp3) is 0.484. The van der Waals surface area contributed by atoms with Gasteiger partial charge in [-0.3, -0.25) is 9.98 Å². The summed E-state index contributed by atoms with van der Waals surface area (Å²) in [4.78, 5) is 10.3. The van der Waals surface area contributed by atoms with Crippen molar-refractivity contribution in [2.75, 3.05) is 0 Å². The van der Waals surface area contributed by atoms with E-state index in [0.29, 0.717) is 23.7 Å². The van der Waals surface area contributed by atoms with Crippen LogP contribution in [0.1, 0.15) is 123 Å². The Balaban J connectivity index is 0. The molecule has 0 saturated carbocycles. The molecule has 0 aromatic heterocycles. The number of hydrogen-bond acceptors (Lipinski definition) is 2. The van der Waals surface area contributed by atoms with E-state index in [1.54, 1.807) is 0 Å².